The minimum atomic E-state index is -1.82. The van der Waals surface area contributed by atoms with Crippen molar-refractivity contribution in [3.05, 3.63) is 64.2 Å². The van der Waals surface area contributed by atoms with Gasteiger partial charge in [0, 0.05) is 18.3 Å². The third kappa shape index (κ3) is 4.83. The number of carbonyl (C=O) groups is 1. The number of piperidine rings is 1. The lowest BCUT2D eigenvalue weighted by molar-refractivity contribution is -0.0348. The molecule has 1 fully saturated rings. The molecule has 0 spiro atoms. The number of rotatable bonds is 6. The zero-order valence-electron chi connectivity index (χ0n) is 26.6. The van der Waals surface area contributed by atoms with E-state index in [0.717, 1.165) is 11.3 Å². The largest absolute Gasteiger partial charge is 0.361 e. The molecule has 0 atom stereocenters. The fourth-order valence-corrected chi connectivity index (χ4v) is 7.30. The molecular weight excluding hydrogens is 512 g/mol. The number of hydrogen-bond acceptors (Lipinski definition) is 3. The topological polar surface area (TPSA) is 45.2 Å². The number of benzene rings is 1. The Bertz CT molecular complexity index is 1280. The summed E-state index contributed by atoms with van der Waals surface area (Å²) in [6.07, 6.45) is 1.89. The first-order chi connectivity index (χ1) is 17.9. The third-order valence-corrected chi connectivity index (χ3v) is 10.8. The second-order valence-electron chi connectivity index (χ2n) is 15.1. The Balaban J connectivity index is 2.08. The van der Waals surface area contributed by atoms with Gasteiger partial charge >= 0.3 is 0 Å². The maximum Gasteiger partial charge on any atom is 0.252 e. The molecule has 0 bridgehead atoms. The summed E-state index contributed by atoms with van der Waals surface area (Å²) < 4.78 is 32.4. The number of amides is 1. The van der Waals surface area contributed by atoms with E-state index in [1.807, 2.05) is 90.7 Å². The molecule has 1 amide bonds. The van der Waals surface area contributed by atoms with E-state index in [1.165, 1.54) is 18.2 Å². The van der Waals surface area contributed by atoms with Crippen LogP contribution in [0.4, 0.5) is 8.78 Å². The highest BCUT2D eigenvalue weighted by atomic mass is 35.5. The van der Waals surface area contributed by atoms with Crippen molar-refractivity contribution in [2.24, 2.45) is 0 Å². The average molecular weight is 548 g/mol. The molecule has 4 nitrogen and oxygen atoms in total. The highest BCUT2D eigenvalue weighted by Gasteiger charge is 2.75. The van der Waals surface area contributed by atoms with Crippen LogP contribution < -0.4 is 5.32 Å². The second kappa shape index (κ2) is 10.2. The van der Waals surface area contributed by atoms with Gasteiger partial charge in [-0.05, 0) is 56.3 Å². The number of hydrogen-bond donors (Lipinski definition) is 1. The lowest BCUT2D eigenvalue weighted by Crippen LogP contribution is -2.89. The van der Waals surface area contributed by atoms with E-state index in [2.05, 4.69) is 39.9 Å². The summed E-state index contributed by atoms with van der Waals surface area (Å²) in [6.45, 7) is 0.396. The van der Waals surface area contributed by atoms with Crippen LogP contribution in [0, 0.1) is 5.82 Å². The minimum Gasteiger partial charge on any atom is -0.361 e. The van der Waals surface area contributed by atoms with E-state index in [9.17, 15) is 9.18 Å². The fraction of sp³-hybridized carbons (Fsp3) is 0.400. The van der Waals surface area contributed by atoms with Crippen LogP contribution in [0.5, 0.6) is 0 Å². The summed E-state index contributed by atoms with van der Waals surface area (Å²) in [5, 5.41) is -1.62. The van der Waals surface area contributed by atoms with Crippen molar-refractivity contribution in [2.45, 2.75) is 43.8 Å². The Labute approximate surface area is 255 Å². The van der Waals surface area contributed by atoms with Crippen molar-refractivity contribution in [2.75, 3.05) is 0 Å². The van der Waals surface area contributed by atoms with E-state index >= 15 is 4.39 Å². The summed E-state index contributed by atoms with van der Waals surface area (Å²) >= 11 is 6.05. The van der Waals surface area contributed by atoms with Crippen LogP contribution in [-0.2, 0) is 11.7 Å². The van der Waals surface area contributed by atoms with Gasteiger partial charge in [0.15, 0.2) is 0 Å². The molecule has 196 valence electrons. The van der Waals surface area contributed by atoms with Gasteiger partial charge in [0.2, 0.25) is 0 Å². The molecule has 2 aromatic rings. The van der Waals surface area contributed by atoms with E-state index in [-0.39, 0.29) is 21.6 Å². The van der Waals surface area contributed by atoms with Crippen molar-refractivity contribution >= 4 is 120 Å². The van der Waals surface area contributed by atoms with Crippen LogP contribution in [0.15, 0.2) is 36.5 Å². The quantitative estimate of drug-likeness (QED) is 0.366. The highest BCUT2D eigenvalue weighted by molar-refractivity contribution is 6.64. The number of nitrogens with one attached hydrogen (secondary N) is 1. The molecule has 1 aliphatic heterocycles. The molecule has 1 aromatic carbocycles. The molecule has 0 saturated carbocycles. The summed E-state index contributed by atoms with van der Waals surface area (Å²) in [6, 6.07) is 8.06. The minimum absolute atomic E-state index is 0.00289. The van der Waals surface area contributed by atoms with Gasteiger partial charge in [-0.1, -0.05) is 22.8 Å². The molecule has 20 heteroatoms. The number of pyridine rings is 1. The standard InChI is InChI=1S/C20H35B13ClF2N3O/c21-14(22,23)9-2-3-10(37-6-9)7-38-18(28,29)15(36)16(24,25)19(30,31)39(20(32,33)17(15,26)27)13(40)8-1-4-12(35)11(34)5-8/h1-6,38H,7,21-33H2. The Kier molecular flexibility index (Phi) is 8.50. The normalized spacial score (nSPS) is 20.9. The van der Waals surface area contributed by atoms with Crippen LogP contribution in [0.2, 0.25) is 15.5 Å². The molecule has 0 aliphatic carbocycles. The number of carbonyl (C=O) groups excluding carboxylic acids is 1. The zero-order valence-corrected chi connectivity index (χ0v) is 27.4. The van der Waals surface area contributed by atoms with Gasteiger partial charge < -0.3 is 10.2 Å². The van der Waals surface area contributed by atoms with Crippen LogP contribution in [0.3, 0.4) is 0 Å². The molecular formula is C20H35B13ClF2N3O. The van der Waals surface area contributed by atoms with Gasteiger partial charge in [0.25, 0.3) is 5.91 Å². The average Bonchev–Trinajstić information content (AvgIpc) is 2.82. The van der Waals surface area contributed by atoms with Gasteiger partial charge in [-0.25, -0.2) is 8.78 Å². The molecule has 1 aliphatic rings. The van der Waals surface area contributed by atoms with Crippen molar-refractivity contribution in [3.8, 4) is 0 Å². The zero-order chi connectivity index (χ0) is 30.9. The summed E-state index contributed by atoms with van der Waals surface area (Å²) in [4.78, 5) is 20.6. The number of alkyl halides is 1. The number of aromatic nitrogens is 1. The number of likely N-dealkylation sites (tertiary alicyclic amines) is 1. The monoisotopic (exact) mass is 549 g/mol. The Morgan fingerprint density at radius 1 is 0.925 bits per heavy atom. The van der Waals surface area contributed by atoms with Crippen LogP contribution >= 0.6 is 11.6 Å². The first-order valence-electron chi connectivity index (χ1n) is 14.1. The first-order valence-corrected chi connectivity index (χ1v) is 14.4. The second-order valence-corrected chi connectivity index (χ2v) is 15.5. The van der Waals surface area contributed by atoms with Crippen molar-refractivity contribution in [3.63, 3.8) is 0 Å². The SMILES string of the molecule is BC(B)(B)c1ccc(CNC(B)(B)C2(F)C(B)(B)C(B)(B)N(C(=O)c3ccc(F)c(Cl)c3)C(B)(B)C2(B)B)nc1. The van der Waals surface area contributed by atoms with Gasteiger partial charge in [-0.2, -0.15) is 0 Å². The molecule has 0 radical (unpaired) electrons. The Hall–Kier alpha value is -1.21. The molecule has 1 aromatic heterocycles. The van der Waals surface area contributed by atoms with Gasteiger partial charge in [0.1, 0.15) is 84.3 Å². The van der Waals surface area contributed by atoms with Crippen LogP contribution in [0.1, 0.15) is 21.6 Å². The predicted molar refractivity (Wildman–Crippen MR) is 199 cm³/mol. The van der Waals surface area contributed by atoms with Crippen molar-refractivity contribution in [1.82, 2.24) is 15.2 Å². The van der Waals surface area contributed by atoms with Gasteiger partial charge in [-0.15, -0.1) is 0 Å². The van der Waals surface area contributed by atoms with Crippen molar-refractivity contribution < 1.29 is 13.6 Å². The lowest BCUT2D eigenvalue weighted by Gasteiger charge is -2.77. The van der Waals surface area contributed by atoms with Gasteiger partial charge in [0.05, 0.1) is 39.9 Å². The van der Waals surface area contributed by atoms with E-state index < -0.39 is 37.9 Å². The third-order valence-electron chi connectivity index (χ3n) is 10.5. The first kappa shape index (κ1) is 33.3. The maximum absolute atomic E-state index is 18.5. The molecule has 1 N–H and O–H groups in total. The smallest absolute Gasteiger partial charge is 0.252 e. The molecule has 1 saturated heterocycles. The highest BCUT2D eigenvalue weighted by Crippen LogP contribution is 2.67. The molecule has 2 heterocycles. The Morgan fingerprint density at radius 3 is 1.88 bits per heavy atom. The number of halogens is 3. The fourth-order valence-electron chi connectivity index (χ4n) is 7.12. The molecule has 40 heavy (non-hydrogen) atoms. The van der Waals surface area contributed by atoms with Crippen LogP contribution in [0.25, 0.3) is 0 Å². The summed E-state index contributed by atoms with van der Waals surface area (Å²) in [7, 11) is 25.6. The molecule has 3 rings (SSSR count). The van der Waals surface area contributed by atoms with Crippen LogP contribution in [-0.4, -0.2) is 139 Å². The van der Waals surface area contributed by atoms with E-state index in [4.69, 9.17) is 11.6 Å². The summed E-state index contributed by atoms with van der Waals surface area (Å²) in [5.74, 6) is -0.900. The van der Waals surface area contributed by atoms with Gasteiger partial charge in [-0.3, -0.25) is 9.78 Å². The summed E-state index contributed by atoms with van der Waals surface area (Å²) in [5.41, 5.74) is 0.428. The van der Waals surface area contributed by atoms with Crippen molar-refractivity contribution in [1.29, 1.82) is 0 Å². The number of nitrogens with zero attached hydrogens (tertiary/aromatic N) is 2. The molecule has 0 unspecified atom stereocenters. The Morgan fingerprint density at radius 2 is 1.45 bits per heavy atom. The lowest BCUT2D eigenvalue weighted by atomic mass is 9.11. The predicted octanol–water partition coefficient (Wildman–Crippen LogP) is -9.64. The van der Waals surface area contributed by atoms with E-state index in [0.29, 0.717) is 6.54 Å². The maximum atomic E-state index is 18.5. The van der Waals surface area contributed by atoms with E-state index in [1.54, 1.807) is 4.90 Å².